The quantitative estimate of drug-likeness (QED) is 0.544. The fourth-order valence-corrected chi connectivity index (χ4v) is 2.91. The Balaban J connectivity index is 1.68. The first-order valence-electron chi connectivity index (χ1n) is 9.22. The van der Waals surface area contributed by atoms with Crippen LogP contribution in [0.1, 0.15) is 13.3 Å². The molecular weight excluding hydrogens is 425 g/mol. The van der Waals surface area contributed by atoms with Gasteiger partial charge in [-0.1, -0.05) is 17.7 Å². The molecule has 160 valence electrons. The van der Waals surface area contributed by atoms with Gasteiger partial charge < -0.3 is 15.7 Å². The van der Waals surface area contributed by atoms with Gasteiger partial charge in [0.25, 0.3) is 11.5 Å². The zero-order valence-corrected chi connectivity index (χ0v) is 17.2. The van der Waals surface area contributed by atoms with E-state index in [9.17, 15) is 23.9 Å². The Labute approximate surface area is 182 Å². The summed E-state index contributed by atoms with van der Waals surface area (Å²) in [5.41, 5.74) is -1.92. The van der Waals surface area contributed by atoms with E-state index in [2.05, 4.69) is 10.6 Å². The second kappa shape index (κ2) is 9.11. The molecule has 0 aliphatic carbocycles. The van der Waals surface area contributed by atoms with Crippen LogP contribution in [0.25, 0.3) is 5.69 Å². The molecule has 0 radical (unpaired) electrons. The molecule has 1 heterocycles. The molecule has 1 atom stereocenters. The maximum absolute atomic E-state index is 14.5. The molecule has 3 aromatic rings. The monoisotopic (exact) mass is 443 g/mol. The molecule has 0 saturated carbocycles. The van der Waals surface area contributed by atoms with Gasteiger partial charge in [-0.15, -0.1) is 0 Å². The van der Waals surface area contributed by atoms with E-state index in [1.165, 1.54) is 29.0 Å². The molecule has 7 nitrogen and oxygen atoms in total. The molecule has 3 rings (SSSR count). The number of carbonyl (C=O) groups is 2. The highest BCUT2D eigenvalue weighted by Crippen LogP contribution is 2.21. The second-order valence-electron chi connectivity index (χ2n) is 7.03. The minimum atomic E-state index is -2.10. The lowest BCUT2D eigenvalue weighted by Crippen LogP contribution is -2.43. The fraction of sp³-hybridized carbons (Fsp3) is 0.136. The molecule has 0 unspecified atom stereocenters. The maximum Gasteiger partial charge on any atom is 0.256 e. The minimum Gasteiger partial charge on any atom is -0.380 e. The topological polar surface area (TPSA) is 100 Å². The van der Waals surface area contributed by atoms with Crippen LogP contribution in [0.2, 0.25) is 5.02 Å². The smallest absolute Gasteiger partial charge is 0.256 e. The number of nitrogens with one attached hydrogen (secondary N) is 2. The molecule has 0 spiro atoms. The largest absolute Gasteiger partial charge is 0.380 e. The van der Waals surface area contributed by atoms with Crippen LogP contribution in [0.3, 0.4) is 0 Å². The lowest BCUT2D eigenvalue weighted by molar-refractivity contribution is -0.137. The van der Waals surface area contributed by atoms with Gasteiger partial charge in [0.1, 0.15) is 11.4 Å². The van der Waals surface area contributed by atoms with Crippen molar-refractivity contribution in [3.63, 3.8) is 0 Å². The summed E-state index contributed by atoms with van der Waals surface area (Å²) < 4.78 is 15.7. The van der Waals surface area contributed by atoms with Crippen molar-refractivity contribution in [3.05, 3.63) is 88.1 Å². The van der Waals surface area contributed by atoms with Gasteiger partial charge in [-0.3, -0.25) is 19.0 Å². The molecule has 2 amide bonds. The summed E-state index contributed by atoms with van der Waals surface area (Å²) in [5, 5.41) is 15.7. The highest BCUT2D eigenvalue weighted by atomic mass is 35.5. The van der Waals surface area contributed by atoms with Crippen LogP contribution in [-0.4, -0.2) is 27.1 Å². The van der Waals surface area contributed by atoms with Crippen molar-refractivity contribution in [2.24, 2.45) is 0 Å². The summed E-state index contributed by atoms with van der Waals surface area (Å²) in [6, 6.07) is 14.6. The number of aromatic nitrogens is 1. The average Bonchev–Trinajstić information content (AvgIpc) is 2.71. The molecule has 0 aliphatic rings. The molecule has 9 heteroatoms. The van der Waals surface area contributed by atoms with E-state index in [0.717, 1.165) is 13.0 Å². The number of anilines is 2. The predicted octanol–water partition coefficient (Wildman–Crippen LogP) is 3.35. The molecule has 31 heavy (non-hydrogen) atoms. The van der Waals surface area contributed by atoms with Crippen LogP contribution >= 0.6 is 11.6 Å². The zero-order chi connectivity index (χ0) is 22.6. The fourth-order valence-electron chi connectivity index (χ4n) is 2.78. The van der Waals surface area contributed by atoms with Crippen molar-refractivity contribution in [1.29, 1.82) is 0 Å². The Morgan fingerprint density at radius 2 is 1.81 bits per heavy atom. The standard InChI is InChI=1S/C22H19ClFN3O4/c1-22(31,13-19(28)25-15-7-5-14(23)6-8-15)21(30)26-18-10-9-16(12-17(18)24)27-11-3-2-4-20(27)29/h2-12,31H,13H2,1H3,(H,25,28)(H,26,30)/t22-/m1/s1. The van der Waals surface area contributed by atoms with Crippen molar-refractivity contribution in [3.8, 4) is 5.69 Å². The predicted molar refractivity (Wildman–Crippen MR) is 116 cm³/mol. The lowest BCUT2D eigenvalue weighted by atomic mass is 10.0. The van der Waals surface area contributed by atoms with Crippen molar-refractivity contribution in [2.45, 2.75) is 18.9 Å². The summed E-state index contributed by atoms with van der Waals surface area (Å²) in [6.07, 6.45) is 0.931. The Morgan fingerprint density at radius 1 is 1.10 bits per heavy atom. The molecule has 3 N–H and O–H groups in total. The van der Waals surface area contributed by atoms with E-state index < -0.39 is 29.7 Å². The molecule has 0 aliphatic heterocycles. The summed E-state index contributed by atoms with van der Waals surface area (Å²) >= 11 is 5.79. The third kappa shape index (κ3) is 5.56. The minimum absolute atomic E-state index is 0.198. The van der Waals surface area contributed by atoms with E-state index >= 15 is 0 Å². The Bertz CT molecular complexity index is 1180. The van der Waals surface area contributed by atoms with Crippen LogP contribution < -0.4 is 16.2 Å². The maximum atomic E-state index is 14.5. The van der Waals surface area contributed by atoms with Crippen LogP contribution in [0.5, 0.6) is 0 Å². The second-order valence-corrected chi connectivity index (χ2v) is 7.47. The van der Waals surface area contributed by atoms with E-state index in [4.69, 9.17) is 11.6 Å². The van der Waals surface area contributed by atoms with E-state index in [0.29, 0.717) is 10.7 Å². The summed E-state index contributed by atoms with van der Waals surface area (Å²) in [5.74, 6) is -2.37. The number of carbonyl (C=O) groups excluding carboxylic acids is 2. The number of aliphatic hydroxyl groups is 1. The Hall–Kier alpha value is -3.49. The molecule has 0 saturated heterocycles. The molecule has 0 bridgehead atoms. The summed E-state index contributed by atoms with van der Waals surface area (Å²) in [6.45, 7) is 1.15. The first-order chi connectivity index (χ1) is 14.7. The van der Waals surface area contributed by atoms with Crippen LogP contribution in [0.15, 0.2) is 71.7 Å². The van der Waals surface area contributed by atoms with Gasteiger partial charge >= 0.3 is 0 Å². The Morgan fingerprint density at radius 3 is 2.45 bits per heavy atom. The normalized spacial score (nSPS) is 12.6. The third-order valence-electron chi connectivity index (χ3n) is 4.42. The van der Waals surface area contributed by atoms with Gasteiger partial charge in [-0.2, -0.15) is 0 Å². The van der Waals surface area contributed by atoms with Crippen molar-refractivity contribution in [2.75, 3.05) is 10.6 Å². The number of hydrogen-bond acceptors (Lipinski definition) is 4. The van der Waals surface area contributed by atoms with Gasteiger partial charge in [-0.05, 0) is 49.4 Å². The number of rotatable bonds is 6. The number of hydrogen-bond donors (Lipinski definition) is 3. The van der Waals surface area contributed by atoms with Crippen molar-refractivity contribution < 1.29 is 19.1 Å². The van der Waals surface area contributed by atoms with Crippen molar-refractivity contribution >= 4 is 34.8 Å². The van der Waals surface area contributed by atoms with Gasteiger partial charge in [0.05, 0.1) is 17.8 Å². The lowest BCUT2D eigenvalue weighted by Gasteiger charge is -2.22. The molecular formula is C22H19ClFN3O4. The number of halogens is 2. The molecule has 0 fully saturated rings. The Kier molecular flexibility index (Phi) is 6.53. The first kappa shape index (κ1) is 22.2. The van der Waals surface area contributed by atoms with Crippen LogP contribution in [0, 0.1) is 5.82 Å². The zero-order valence-electron chi connectivity index (χ0n) is 16.4. The highest BCUT2D eigenvalue weighted by Gasteiger charge is 2.33. The van der Waals surface area contributed by atoms with Gasteiger partial charge in [0.15, 0.2) is 0 Å². The van der Waals surface area contributed by atoms with Crippen LogP contribution in [0.4, 0.5) is 15.8 Å². The van der Waals surface area contributed by atoms with Gasteiger partial charge in [-0.25, -0.2) is 4.39 Å². The number of benzene rings is 2. The third-order valence-corrected chi connectivity index (χ3v) is 4.68. The van der Waals surface area contributed by atoms with Crippen molar-refractivity contribution in [1.82, 2.24) is 4.57 Å². The van der Waals surface area contributed by atoms with Gasteiger partial charge in [0, 0.05) is 29.0 Å². The summed E-state index contributed by atoms with van der Waals surface area (Å²) in [7, 11) is 0. The number of nitrogens with zero attached hydrogens (tertiary/aromatic N) is 1. The SMILES string of the molecule is C[C@@](O)(CC(=O)Nc1ccc(Cl)cc1)C(=O)Nc1ccc(-n2ccccc2=O)cc1F. The van der Waals surface area contributed by atoms with E-state index in [1.807, 2.05) is 0 Å². The van der Waals surface area contributed by atoms with Crippen LogP contribution in [-0.2, 0) is 9.59 Å². The first-order valence-corrected chi connectivity index (χ1v) is 9.60. The number of pyridine rings is 1. The number of amides is 2. The van der Waals surface area contributed by atoms with E-state index in [1.54, 1.807) is 36.4 Å². The summed E-state index contributed by atoms with van der Waals surface area (Å²) in [4.78, 5) is 36.5. The highest BCUT2D eigenvalue weighted by molar-refractivity contribution is 6.30. The average molecular weight is 444 g/mol. The molecule has 1 aromatic heterocycles. The van der Waals surface area contributed by atoms with E-state index in [-0.39, 0.29) is 16.9 Å². The molecule has 2 aromatic carbocycles. The van der Waals surface area contributed by atoms with Gasteiger partial charge in [0.2, 0.25) is 5.91 Å².